The van der Waals surface area contributed by atoms with Gasteiger partial charge >= 0.3 is 0 Å². The van der Waals surface area contributed by atoms with Crippen molar-refractivity contribution >= 4 is 5.91 Å². The number of benzene rings is 2. The minimum absolute atomic E-state index is 0.00221. The molecule has 0 heterocycles. The molecule has 26 heavy (non-hydrogen) atoms. The van der Waals surface area contributed by atoms with Gasteiger partial charge in [0.25, 0.3) is 5.91 Å². The number of hydrogen-bond acceptors (Lipinski definition) is 4. The molecule has 0 fully saturated rings. The van der Waals surface area contributed by atoms with Crippen molar-refractivity contribution in [3.05, 3.63) is 77.2 Å². The van der Waals surface area contributed by atoms with Crippen LogP contribution >= 0.6 is 0 Å². The Hall–Kier alpha value is -3.33. The highest BCUT2D eigenvalue weighted by Crippen LogP contribution is 2.11. The van der Waals surface area contributed by atoms with Crippen molar-refractivity contribution in [2.75, 3.05) is 13.7 Å². The molecule has 2 aromatic carbocycles. The van der Waals surface area contributed by atoms with Crippen LogP contribution in [0, 0.1) is 17.1 Å². The van der Waals surface area contributed by atoms with Gasteiger partial charge in [-0.15, -0.1) is 0 Å². The molecule has 0 saturated heterocycles. The fourth-order valence-corrected chi connectivity index (χ4v) is 2.21. The largest absolute Gasteiger partial charge is 0.497 e. The zero-order chi connectivity index (χ0) is 18.8. The predicted octanol–water partition coefficient (Wildman–Crippen LogP) is 2.69. The third kappa shape index (κ3) is 5.95. The topological polar surface area (TPSA) is 74.1 Å². The van der Waals surface area contributed by atoms with Crippen LogP contribution in [0.5, 0.6) is 5.75 Å². The lowest BCUT2D eigenvalue weighted by atomic mass is 10.1. The molecule has 0 aromatic heterocycles. The lowest BCUT2D eigenvalue weighted by Gasteiger charge is -2.06. The van der Waals surface area contributed by atoms with E-state index in [2.05, 4.69) is 10.6 Å². The summed E-state index contributed by atoms with van der Waals surface area (Å²) in [4.78, 5) is 12.1. The highest BCUT2D eigenvalue weighted by Gasteiger charge is 2.08. The molecule has 0 spiro atoms. The summed E-state index contributed by atoms with van der Waals surface area (Å²) in [7, 11) is 1.59. The normalized spacial score (nSPS) is 10.7. The zero-order valence-electron chi connectivity index (χ0n) is 14.5. The Balaban J connectivity index is 1.80. The van der Waals surface area contributed by atoms with Gasteiger partial charge < -0.3 is 15.4 Å². The van der Waals surface area contributed by atoms with Gasteiger partial charge in [-0.2, -0.15) is 5.26 Å². The Bertz CT molecular complexity index is 793. The van der Waals surface area contributed by atoms with Gasteiger partial charge in [-0.3, -0.25) is 4.79 Å². The van der Waals surface area contributed by atoms with Crippen molar-refractivity contribution in [2.24, 2.45) is 0 Å². The fraction of sp³-hybridized carbons (Fsp3) is 0.200. The molecule has 2 N–H and O–H groups in total. The lowest BCUT2D eigenvalue weighted by molar-refractivity contribution is -0.117. The number of nitriles is 1. The van der Waals surface area contributed by atoms with Crippen molar-refractivity contribution < 1.29 is 13.9 Å². The second-order valence-corrected chi connectivity index (χ2v) is 5.53. The van der Waals surface area contributed by atoms with Crippen LogP contribution in [0.1, 0.15) is 11.1 Å². The van der Waals surface area contributed by atoms with E-state index in [1.54, 1.807) is 31.4 Å². The number of rotatable bonds is 8. The van der Waals surface area contributed by atoms with Gasteiger partial charge in [0.2, 0.25) is 0 Å². The zero-order valence-corrected chi connectivity index (χ0v) is 14.5. The van der Waals surface area contributed by atoms with Crippen molar-refractivity contribution in [2.45, 2.75) is 13.0 Å². The summed E-state index contributed by atoms with van der Waals surface area (Å²) >= 11 is 0. The van der Waals surface area contributed by atoms with Gasteiger partial charge in [0.1, 0.15) is 23.2 Å². The van der Waals surface area contributed by atoms with E-state index in [9.17, 15) is 9.18 Å². The number of nitrogens with one attached hydrogen (secondary N) is 2. The van der Waals surface area contributed by atoms with E-state index >= 15 is 0 Å². The standard InChI is InChI=1S/C20H20FN3O2/c1-26-19-8-4-16(5-9-19)13-24-20(25)17(12-22)14-23-11-10-15-2-6-18(21)7-3-15/h2-9,14,23H,10-11,13H2,1H3,(H,24,25)/b17-14-. The average molecular weight is 353 g/mol. The van der Waals surface area contributed by atoms with Gasteiger partial charge in [-0.05, 0) is 41.8 Å². The monoisotopic (exact) mass is 353 g/mol. The summed E-state index contributed by atoms with van der Waals surface area (Å²) in [6, 6.07) is 15.4. The molecule has 6 heteroatoms. The Kier molecular flexibility index (Phi) is 7.19. The van der Waals surface area contributed by atoms with Crippen LogP contribution in [0.4, 0.5) is 4.39 Å². The SMILES string of the molecule is COc1ccc(CNC(=O)/C(C#N)=C\NCCc2ccc(F)cc2)cc1. The first-order chi connectivity index (χ1) is 12.6. The van der Waals surface area contributed by atoms with E-state index < -0.39 is 5.91 Å². The van der Waals surface area contributed by atoms with E-state index in [4.69, 9.17) is 10.00 Å². The number of nitrogens with zero attached hydrogens (tertiary/aromatic N) is 1. The van der Waals surface area contributed by atoms with Gasteiger partial charge in [-0.1, -0.05) is 24.3 Å². The first-order valence-electron chi connectivity index (χ1n) is 8.11. The Morgan fingerprint density at radius 2 is 1.81 bits per heavy atom. The molecule has 0 aliphatic heterocycles. The van der Waals surface area contributed by atoms with Crippen LogP contribution in [0.2, 0.25) is 0 Å². The number of carbonyl (C=O) groups excluding carboxylic acids is 1. The maximum absolute atomic E-state index is 12.8. The number of methoxy groups -OCH3 is 1. The molecule has 0 atom stereocenters. The van der Waals surface area contributed by atoms with Crippen LogP contribution in [0.25, 0.3) is 0 Å². The smallest absolute Gasteiger partial charge is 0.263 e. The third-order valence-electron chi connectivity index (χ3n) is 3.69. The van der Waals surface area contributed by atoms with Crippen LogP contribution in [0.3, 0.4) is 0 Å². The van der Waals surface area contributed by atoms with Crippen LogP contribution in [0.15, 0.2) is 60.3 Å². The van der Waals surface area contributed by atoms with Gasteiger partial charge in [0, 0.05) is 19.3 Å². The Morgan fingerprint density at radius 1 is 1.15 bits per heavy atom. The summed E-state index contributed by atoms with van der Waals surface area (Å²) in [6.45, 7) is 0.847. The van der Waals surface area contributed by atoms with Crippen molar-refractivity contribution in [1.82, 2.24) is 10.6 Å². The Morgan fingerprint density at radius 3 is 2.42 bits per heavy atom. The van der Waals surface area contributed by atoms with Crippen LogP contribution in [-0.2, 0) is 17.8 Å². The van der Waals surface area contributed by atoms with Gasteiger partial charge in [0.15, 0.2) is 0 Å². The maximum atomic E-state index is 12.8. The van der Waals surface area contributed by atoms with Gasteiger partial charge in [0.05, 0.1) is 7.11 Å². The van der Waals surface area contributed by atoms with Crippen LogP contribution < -0.4 is 15.4 Å². The van der Waals surface area contributed by atoms with Crippen molar-refractivity contribution in [3.8, 4) is 11.8 Å². The summed E-state index contributed by atoms with van der Waals surface area (Å²) in [6.07, 6.45) is 2.05. The number of amides is 1. The summed E-state index contributed by atoms with van der Waals surface area (Å²) in [5.41, 5.74) is 1.87. The highest BCUT2D eigenvalue weighted by molar-refractivity contribution is 5.97. The van der Waals surface area contributed by atoms with Crippen molar-refractivity contribution in [3.63, 3.8) is 0 Å². The number of halogens is 1. The molecule has 134 valence electrons. The molecule has 5 nitrogen and oxygen atoms in total. The number of carbonyl (C=O) groups is 1. The second-order valence-electron chi connectivity index (χ2n) is 5.53. The summed E-state index contributed by atoms with van der Waals surface area (Å²) < 4.78 is 17.9. The molecule has 0 saturated carbocycles. The second kappa shape index (κ2) is 9.84. The number of ether oxygens (including phenoxy) is 1. The molecule has 0 aliphatic rings. The molecule has 1 amide bonds. The van der Waals surface area contributed by atoms with Crippen LogP contribution in [-0.4, -0.2) is 19.6 Å². The maximum Gasteiger partial charge on any atom is 0.263 e. The van der Waals surface area contributed by atoms with Crippen molar-refractivity contribution in [1.29, 1.82) is 5.26 Å². The quantitative estimate of drug-likeness (QED) is 0.435. The molecule has 0 aliphatic carbocycles. The Labute approximate surface area is 152 Å². The molecule has 0 radical (unpaired) electrons. The average Bonchev–Trinajstić information content (AvgIpc) is 2.68. The van der Waals surface area contributed by atoms with E-state index in [-0.39, 0.29) is 11.4 Å². The summed E-state index contributed by atoms with van der Waals surface area (Å²) in [5.74, 6) is 0.0162. The summed E-state index contributed by atoms with van der Waals surface area (Å²) in [5, 5.41) is 14.8. The van der Waals surface area contributed by atoms with E-state index in [1.165, 1.54) is 18.3 Å². The van der Waals surface area contributed by atoms with E-state index in [0.717, 1.165) is 16.9 Å². The molecular weight excluding hydrogens is 333 g/mol. The molecule has 0 unspecified atom stereocenters. The van der Waals surface area contributed by atoms with E-state index in [1.807, 2.05) is 18.2 Å². The lowest BCUT2D eigenvalue weighted by Crippen LogP contribution is -2.25. The molecule has 2 aromatic rings. The minimum atomic E-state index is -0.447. The molecule has 2 rings (SSSR count). The first kappa shape index (κ1) is 19.0. The van der Waals surface area contributed by atoms with E-state index in [0.29, 0.717) is 19.5 Å². The number of hydrogen-bond donors (Lipinski definition) is 2. The minimum Gasteiger partial charge on any atom is -0.497 e. The highest BCUT2D eigenvalue weighted by atomic mass is 19.1. The predicted molar refractivity (Wildman–Crippen MR) is 96.6 cm³/mol. The molecule has 0 bridgehead atoms. The third-order valence-corrected chi connectivity index (χ3v) is 3.69. The first-order valence-corrected chi connectivity index (χ1v) is 8.11. The fourth-order valence-electron chi connectivity index (χ4n) is 2.21. The van der Waals surface area contributed by atoms with Gasteiger partial charge in [-0.25, -0.2) is 4.39 Å². The molecular formula is C20H20FN3O2.